The number of imidazole rings is 1. The van der Waals surface area contributed by atoms with Gasteiger partial charge >= 0.3 is 0 Å². The highest BCUT2D eigenvalue weighted by Gasteiger charge is 1.99. The van der Waals surface area contributed by atoms with Crippen LogP contribution in [0.4, 0.5) is 5.69 Å². The summed E-state index contributed by atoms with van der Waals surface area (Å²) in [7, 11) is 0. The van der Waals surface area contributed by atoms with E-state index in [4.69, 9.17) is 0 Å². The van der Waals surface area contributed by atoms with Gasteiger partial charge in [0.05, 0.1) is 18.6 Å². The van der Waals surface area contributed by atoms with Gasteiger partial charge < -0.3 is 10.3 Å². The molecule has 2 rings (SSSR count). The number of aromatic nitrogens is 2. The topological polar surface area (TPSA) is 40.7 Å². The lowest BCUT2D eigenvalue weighted by Crippen LogP contribution is -1.99. The zero-order valence-corrected chi connectivity index (χ0v) is 11.0. The number of hydrogen-bond acceptors (Lipinski definition) is 2. The quantitative estimate of drug-likeness (QED) is 0.903. The predicted octanol–water partition coefficient (Wildman–Crippen LogP) is 3.55. The summed E-state index contributed by atoms with van der Waals surface area (Å²) in [6, 6.07) is 6.04. The van der Waals surface area contributed by atoms with Crippen molar-refractivity contribution in [2.45, 2.75) is 6.54 Å². The molecule has 78 valence electrons. The Bertz CT molecular complexity index is 440. The molecule has 0 fully saturated rings. The molecule has 3 nitrogen and oxygen atoms in total. The summed E-state index contributed by atoms with van der Waals surface area (Å²) in [5, 5.41) is 3.28. The fraction of sp³-hybridized carbons (Fsp3) is 0.100. The Morgan fingerprint density at radius 1 is 1.27 bits per heavy atom. The zero-order chi connectivity index (χ0) is 10.7. The lowest BCUT2D eigenvalue weighted by atomic mass is 10.3. The first kappa shape index (κ1) is 10.7. The summed E-state index contributed by atoms with van der Waals surface area (Å²) >= 11 is 6.88. The number of H-pyrrole nitrogens is 1. The van der Waals surface area contributed by atoms with E-state index < -0.39 is 0 Å². The number of nitrogens with zero attached hydrogens (tertiary/aromatic N) is 1. The summed E-state index contributed by atoms with van der Waals surface area (Å²) in [4.78, 5) is 7.05. The molecule has 0 spiro atoms. The minimum Gasteiger partial charge on any atom is -0.379 e. The van der Waals surface area contributed by atoms with Crippen molar-refractivity contribution < 1.29 is 0 Å². The van der Waals surface area contributed by atoms with Gasteiger partial charge in [-0.2, -0.15) is 0 Å². The Labute approximate surface area is 105 Å². The fourth-order valence-electron chi connectivity index (χ4n) is 1.19. The molecule has 2 N–H and O–H groups in total. The van der Waals surface area contributed by atoms with E-state index in [1.54, 1.807) is 6.33 Å². The maximum atomic E-state index is 4.13. The van der Waals surface area contributed by atoms with Crippen LogP contribution in [0.25, 0.3) is 0 Å². The average molecular weight is 331 g/mol. The normalized spacial score (nSPS) is 10.3. The van der Waals surface area contributed by atoms with Gasteiger partial charge in [0.1, 0.15) is 0 Å². The molecule has 5 heteroatoms. The first-order valence-electron chi connectivity index (χ1n) is 4.42. The summed E-state index contributed by atoms with van der Waals surface area (Å²) in [6.45, 7) is 0.720. The van der Waals surface area contributed by atoms with Gasteiger partial charge in [0, 0.05) is 20.8 Å². The standard InChI is InChI=1S/C10H9Br2N3/c11-9-2-1-7(3-10(9)12)14-5-8-4-13-6-15-8/h1-4,6,14H,5H2,(H,13,15). The third-order valence-corrected chi connectivity index (χ3v) is 3.83. The Morgan fingerprint density at radius 3 is 2.80 bits per heavy atom. The maximum absolute atomic E-state index is 4.13. The van der Waals surface area contributed by atoms with E-state index in [2.05, 4.69) is 47.1 Å². The van der Waals surface area contributed by atoms with Crippen LogP contribution in [0.5, 0.6) is 0 Å². The Hall–Kier alpha value is -0.810. The van der Waals surface area contributed by atoms with Crippen molar-refractivity contribution in [3.05, 3.63) is 45.4 Å². The van der Waals surface area contributed by atoms with Crippen molar-refractivity contribution in [3.63, 3.8) is 0 Å². The lowest BCUT2D eigenvalue weighted by molar-refractivity contribution is 1.07. The average Bonchev–Trinajstić information content (AvgIpc) is 2.73. The number of benzene rings is 1. The zero-order valence-electron chi connectivity index (χ0n) is 7.80. The van der Waals surface area contributed by atoms with E-state index in [-0.39, 0.29) is 0 Å². The summed E-state index contributed by atoms with van der Waals surface area (Å²) < 4.78 is 2.09. The van der Waals surface area contributed by atoms with Gasteiger partial charge in [-0.1, -0.05) is 0 Å². The summed E-state index contributed by atoms with van der Waals surface area (Å²) in [6.07, 6.45) is 3.55. The van der Waals surface area contributed by atoms with Crippen LogP contribution in [0.3, 0.4) is 0 Å². The van der Waals surface area contributed by atoms with Crippen LogP contribution in [0.15, 0.2) is 39.7 Å². The van der Waals surface area contributed by atoms with Gasteiger partial charge in [0.15, 0.2) is 0 Å². The summed E-state index contributed by atoms with van der Waals surface area (Å²) in [5.74, 6) is 0. The molecule has 15 heavy (non-hydrogen) atoms. The molecule has 0 saturated heterocycles. The number of aromatic amines is 1. The highest BCUT2D eigenvalue weighted by molar-refractivity contribution is 9.13. The van der Waals surface area contributed by atoms with Crippen LogP contribution in [-0.4, -0.2) is 9.97 Å². The number of nitrogens with one attached hydrogen (secondary N) is 2. The van der Waals surface area contributed by atoms with Crippen molar-refractivity contribution in [2.24, 2.45) is 0 Å². The van der Waals surface area contributed by atoms with Crippen LogP contribution in [0, 0.1) is 0 Å². The highest BCUT2D eigenvalue weighted by Crippen LogP contribution is 2.26. The van der Waals surface area contributed by atoms with Crippen LogP contribution in [-0.2, 0) is 6.54 Å². The van der Waals surface area contributed by atoms with Gasteiger partial charge in [-0.25, -0.2) is 4.98 Å². The monoisotopic (exact) mass is 329 g/mol. The van der Waals surface area contributed by atoms with Crippen molar-refractivity contribution in [1.29, 1.82) is 0 Å². The van der Waals surface area contributed by atoms with Gasteiger partial charge in [-0.05, 0) is 50.1 Å². The third kappa shape index (κ3) is 2.82. The van der Waals surface area contributed by atoms with Gasteiger partial charge in [-0.3, -0.25) is 0 Å². The Balaban J connectivity index is 2.02. The molecule has 0 atom stereocenters. The van der Waals surface area contributed by atoms with Crippen molar-refractivity contribution in [3.8, 4) is 0 Å². The van der Waals surface area contributed by atoms with E-state index in [9.17, 15) is 0 Å². The predicted molar refractivity (Wildman–Crippen MR) is 67.8 cm³/mol. The molecule has 0 aliphatic carbocycles. The Kier molecular flexibility index (Phi) is 3.43. The van der Waals surface area contributed by atoms with Crippen LogP contribution in [0.1, 0.15) is 5.69 Å². The van der Waals surface area contributed by atoms with E-state index in [0.717, 1.165) is 26.9 Å². The Morgan fingerprint density at radius 2 is 2.13 bits per heavy atom. The van der Waals surface area contributed by atoms with E-state index in [1.165, 1.54) is 0 Å². The van der Waals surface area contributed by atoms with E-state index in [0.29, 0.717) is 0 Å². The SMILES string of the molecule is Brc1ccc(NCc2c[nH]cn2)cc1Br. The smallest absolute Gasteiger partial charge is 0.0923 e. The van der Waals surface area contributed by atoms with Crippen LogP contribution >= 0.6 is 31.9 Å². The number of hydrogen-bond donors (Lipinski definition) is 2. The minimum atomic E-state index is 0.720. The molecule has 0 amide bonds. The second kappa shape index (κ2) is 4.81. The van der Waals surface area contributed by atoms with Gasteiger partial charge in [0.2, 0.25) is 0 Å². The summed E-state index contributed by atoms with van der Waals surface area (Å²) in [5.41, 5.74) is 2.06. The first-order valence-corrected chi connectivity index (χ1v) is 6.01. The molecule has 0 saturated carbocycles. The molecule has 0 aliphatic heterocycles. The van der Waals surface area contributed by atoms with Crippen LogP contribution < -0.4 is 5.32 Å². The first-order chi connectivity index (χ1) is 7.25. The van der Waals surface area contributed by atoms with Crippen molar-refractivity contribution >= 4 is 37.5 Å². The van der Waals surface area contributed by atoms with E-state index >= 15 is 0 Å². The highest BCUT2D eigenvalue weighted by atomic mass is 79.9. The maximum Gasteiger partial charge on any atom is 0.0923 e. The van der Waals surface area contributed by atoms with Crippen molar-refractivity contribution in [2.75, 3.05) is 5.32 Å². The number of anilines is 1. The molecular formula is C10H9Br2N3. The van der Waals surface area contributed by atoms with Crippen LogP contribution in [0.2, 0.25) is 0 Å². The second-order valence-corrected chi connectivity index (χ2v) is 4.75. The molecule has 1 aromatic heterocycles. The molecule has 2 aromatic rings. The van der Waals surface area contributed by atoms with Gasteiger partial charge in [-0.15, -0.1) is 0 Å². The van der Waals surface area contributed by atoms with Gasteiger partial charge in [0.25, 0.3) is 0 Å². The van der Waals surface area contributed by atoms with Crippen molar-refractivity contribution in [1.82, 2.24) is 9.97 Å². The fourth-order valence-corrected chi connectivity index (χ4v) is 1.81. The minimum absolute atomic E-state index is 0.720. The molecule has 1 aromatic carbocycles. The molecule has 0 aliphatic rings. The number of halogens is 2. The molecule has 0 unspecified atom stereocenters. The molecule has 0 radical (unpaired) electrons. The third-order valence-electron chi connectivity index (χ3n) is 1.95. The molecule has 1 heterocycles. The largest absolute Gasteiger partial charge is 0.379 e. The molecule has 0 bridgehead atoms. The molecular weight excluding hydrogens is 322 g/mol. The second-order valence-electron chi connectivity index (χ2n) is 3.04. The lowest BCUT2D eigenvalue weighted by Gasteiger charge is -2.05. The number of rotatable bonds is 3. The van der Waals surface area contributed by atoms with E-state index in [1.807, 2.05) is 24.4 Å².